The number of carbonyl (C=O) groups is 1. The summed E-state index contributed by atoms with van der Waals surface area (Å²) in [7, 11) is 0. The molecule has 0 N–H and O–H groups in total. The van der Waals surface area contributed by atoms with E-state index in [-0.39, 0.29) is 5.97 Å². The molecule has 4 saturated carbocycles. The predicted octanol–water partition coefficient (Wildman–Crippen LogP) is 12.5. The standard InChI is InChI=1S/C40H72O2/c1-3-5-14-20-32-26-36(32)30-38-28-34(38)22-16-10-7-8-13-19-25-42-40(41)24-18-12-9-11-17-23-35-29-39(35)31-37-27-33(37)21-15-6-4-2/h32-39H,3-31H2,1-2H3. The van der Waals surface area contributed by atoms with E-state index in [4.69, 9.17) is 4.74 Å². The van der Waals surface area contributed by atoms with Gasteiger partial charge in [-0.15, -0.1) is 0 Å². The highest BCUT2D eigenvalue weighted by atomic mass is 16.5. The Balaban J connectivity index is 0.818. The number of hydrogen-bond acceptors (Lipinski definition) is 2. The molecule has 0 spiro atoms. The van der Waals surface area contributed by atoms with Crippen LogP contribution in [0.2, 0.25) is 0 Å². The lowest BCUT2D eigenvalue weighted by atomic mass is 10.0. The number of rotatable bonds is 29. The van der Waals surface area contributed by atoms with Gasteiger partial charge in [0.15, 0.2) is 0 Å². The van der Waals surface area contributed by atoms with Gasteiger partial charge >= 0.3 is 5.97 Å². The number of unbranched alkanes of at least 4 members (excludes halogenated alkanes) is 13. The fourth-order valence-electron chi connectivity index (χ4n) is 8.58. The first-order valence-corrected chi connectivity index (χ1v) is 19.8. The van der Waals surface area contributed by atoms with Crippen LogP contribution in [0.25, 0.3) is 0 Å². The molecule has 2 nitrogen and oxygen atoms in total. The lowest BCUT2D eigenvalue weighted by molar-refractivity contribution is -0.143. The van der Waals surface area contributed by atoms with Crippen LogP contribution in [-0.2, 0) is 9.53 Å². The molecule has 0 amide bonds. The normalized spacial score (nSPS) is 30.8. The fraction of sp³-hybridized carbons (Fsp3) is 0.975. The Hall–Kier alpha value is -0.530. The quantitative estimate of drug-likeness (QED) is 0.0645. The summed E-state index contributed by atoms with van der Waals surface area (Å²) in [6.07, 6.45) is 38.7. The van der Waals surface area contributed by atoms with Crippen LogP contribution in [0.3, 0.4) is 0 Å². The number of hydrogen-bond donors (Lipinski definition) is 0. The maximum Gasteiger partial charge on any atom is 0.305 e. The van der Waals surface area contributed by atoms with Crippen molar-refractivity contribution in [2.24, 2.45) is 47.3 Å². The molecule has 4 aliphatic carbocycles. The van der Waals surface area contributed by atoms with E-state index in [1.807, 2.05) is 0 Å². The van der Waals surface area contributed by atoms with Crippen LogP contribution in [0, 0.1) is 47.3 Å². The zero-order chi connectivity index (χ0) is 29.4. The van der Waals surface area contributed by atoms with E-state index in [1.165, 1.54) is 128 Å². The first kappa shape index (κ1) is 34.3. The molecule has 0 aromatic heterocycles. The summed E-state index contributed by atoms with van der Waals surface area (Å²) in [6.45, 7) is 5.28. The van der Waals surface area contributed by atoms with Crippen LogP contribution in [0.4, 0.5) is 0 Å². The Kier molecular flexibility index (Phi) is 16.2. The molecule has 0 aliphatic heterocycles. The first-order valence-electron chi connectivity index (χ1n) is 19.8. The van der Waals surface area contributed by atoms with Crippen molar-refractivity contribution >= 4 is 5.97 Å². The fourth-order valence-corrected chi connectivity index (χ4v) is 8.58. The monoisotopic (exact) mass is 585 g/mol. The smallest absolute Gasteiger partial charge is 0.305 e. The average Bonchev–Trinajstić information content (AvgIpc) is 3.80. The predicted molar refractivity (Wildman–Crippen MR) is 180 cm³/mol. The minimum absolute atomic E-state index is 0.0429. The number of carbonyl (C=O) groups excluding carboxylic acids is 1. The molecule has 2 heteroatoms. The summed E-state index contributed by atoms with van der Waals surface area (Å²) in [6, 6.07) is 0. The minimum Gasteiger partial charge on any atom is -0.466 e. The van der Waals surface area contributed by atoms with Crippen LogP contribution in [-0.4, -0.2) is 12.6 Å². The van der Waals surface area contributed by atoms with Gasteiger partial charge in [0.2, 0.25) is 0 Å². The third-order valence-electron chi connectivity index (χ3n) is 12.0. The van der Waals surface area contributed by atoms with Gasteiger partial charge in [-0.1, -0.05) is 136 Å². The Morgan fingerprint density at radius 2 is 0.810 bits per heavy atom. The van der Waals surface area contributed by atoms with E-state index in [2.05, 4.69) is 13.8 Å². The van der Waals surface area contributed by atoms with E-state index < -0.39 is 0 Å². The maximum absolute atomic E-state index is 12.1. The van der Waals surface area contributed by atoms with Crippen LogP contribution < -0.4 is 0 Å². The topological polar surface area (TPSA) is 26.3 Å². The SMILES string of the molecule is CCCCCC1CC1CC1CC1CCCCCCCCOC(=O)CCCCCCCC1CC1CC1CC1CCCCC. The maximum atomic E-state index is 12.1. The third-order valence-corrected chi connectivity index (χ3v) is 12.0. The Labute approximate surface area is 262 Å². The van der Waals surface area contributed by atoms with Gasteiger partial charge in [0.1, 0.15) is 0 Å². The second-order valence-electron chi connectivity index (χ2n) is 15.9. The Morgan fingerprint density at radius 1 is 0.452 bits per heavy atom. The minimum atomic E-state index is 0.0429. The molecule has 0 saturated heterocycles. The van der Waals surface area contributed by atoms with Crippen molar-refractivity contribution in [2.45, 2.75) is 194 Å². The molecule has 0 bridgehead atoms. The summed E-state index contributed by atoms with van der Waals surface area (Å²) >= 11 is 0. The van der Waals surface area contributed by atoms with E-state index in [0.29, 0.717) is 13.0 Å². The molecule has 0 heterocycles. The van der Waals surface area contributed by atoms with E-state index in [9.17, 15) is 4.79 Å². The summed E-state index contributed by atoms with van der Waals surface area (Å²) in [5, 5.41) is 0. The number of ether oxygens (including phenoxy) is 1. The Bertz CT molecular complexity index is 716. The molecular formula is C40H72O2. The van der Waals surface area contributed by atoms with Gasteiger partial charge in [-0.25, -0.2) is 0 Å². The molecule has 244 valence electrons. The van der Waals surface area contributed by atoms with Gasteiger partial charge in [-0.05, 0) is 98.7 Å². The van der Waals surface area contributed by atoms with E-state index >= 15 is 0 Å². The van der Waals surface area contributed by atoms with Crippen molar-refractivity contribution in [3.63, 3.8) is 0 Å². The largest absolute Gasteiger partial charge is 0.466 e. The van der Waals surface area contributed by atoms with Crippen molar-refractivity contribution in [3.05, 3.63) is 0 Å². The van der Waals surface area contributed by atoms with Crippen LogP contribution in [0.1, 0.15) is 194 Å². The molecule has 4 aliphatic rings. The van der Waals surface area contributed by atoms with Gasteiger partial charge in [0.25, 0.3) is 0 Å². The summed E-state index contributed by atoms with van der Waals surface area (Å²) in [5.41, 5.74) is 0. The highest BCUT2D eigenvalue weighted by molar-refractivity contribution is 5.69. The molecular weight excluding hydrogens is 512 g/mol. The van der Waals surface area contributed by atoms with Gasteiger partial charge in [-0.2, -0.15) is 0 Å². The lowest BCUT2D eigenvalue weighted by Gasteiger charge is -2.06. The second-order valence-corrected chi connectivity index (χ2v) is 15.9. The average molecular weight is 585 g/mol. The number of esters is 1. The highest BCUT2D eigenvalue weighted by Crippen LogP contribution is 2.55. The molecule has 8 atom stereocenters. The second kappa shape index (κ2) is 19.8. The first-order chi connectivity index (χ1) is 20.7. The molecule has 0 radical (unpaired) electrons. The van der Waals surface area contributed by atoms with Crippen molar-refractivity contribution in [2.75, 3.05) is 6.61 Å². The molecule has 4 rings (SSSR count). The van der Waals surface area contributed by atoms with Crippen LogP contribution >= 0.6 is 0 Å². The summed E-state index contributed by atoms with van der Waals surface area (Å²) < 4.78 is 5.50. The summed E-state index contributed by atoms with van der Waals surface area (Å²) in [4.78, 5) is 12.1. The zero-order valence-corrected chi connectivity index (χ0v) is 28.4. The van der Waals surface area contributed by atoms with Crippen LogP contribution in [0.15, 0.2) is 0 Å². The van der Waals surface area contributed by atoms with Crippen LogP contribution in [0.5, 0.6) is 0 Å². The van der Waals surface area contributed by atoms with Crippen molar-refractivity contribution in [3.8, 4) is 0 Å². The van der Waals surface area contributed by atoms with Crippen molar-refractivity contribution in [1.82, 2.24) is 0 Å². The third kappa shape index (κ3) is 14.5. The van der Waals surface area contributed by atoms with Gasteiger partial charge in [-0.3, -0.25) is 4.79 Å². The van der Waals surface area contributed by atoms with E-state index in [0.717, 1.165) is 60.2 Å². The molecule has 0 aromatic carbocycles. The zero-order valence-electron chi connectivity index (χ0n) is 28.4. The molecule has 42 heavy (non-hydrogen) atoms. The molecule has 4 fully saturated rings. The molecule has 8 unspecified atom stereocenters. The highest BCUT2D eigenvalue weighted by Gasteiger charge is 2.45. The van der Waals surface area contributed by atoms with Gasteiger partial charge in [0.05, 0.1) is 6.61 Å². The van der Waals surface area contributed by atoms with Gasteiger partial charge in [0, 0.05) is 6.42 Å². The lowest BCUT2D eigenvalue weighted by Crippen LogP contribution is -2.05. The molecule has 0 aromatic rings. The van der Waals surface area contributed by atoms with Crippen molar-refractivity contribution < 1.29 is 9.53 Å². The summed E-state index contributed by atoms with van der Waals surface area (Å²) in [5.74, 6) is 8.83. The van der Waals surface area contributed by atoms with Gasteiger partial charge < -0.3 is 4.74 Å². The Morgan fingerprint density at radius 3 is 1.24 bits per heavy atom. The van der Waals surface area contributed by atoms with Crippen molar-refractivity contribution in [1.29, 1.82) is 0 Å². The van der Waals surface area contributed by atoms with E-state index in [1.54, 1.807) is 32.1 Å².